The van der Waals surface area contributed by atoms with Gasteiger partial charge in [-0.3, -0.25) is 9.69 Å². The zero-order valence-corrected chi connectivity index (χ0v) is 17.4. The second kappa shape index (κ2) is 6.55. The molecule has 0 saturated carbocycles. The van der Waals surface area contributed by atoms with Crippen LogP contribution in [0.2, 0.25) is 0 Å². The lowest BCUT2D eigenvalue weighted by atomic mass is 9.75. The molecule has 3 heterocycles. The number of hydrogen-bond donors (Lipinski definition) is 0. The molecule has 0 spiro atoms. The van der Waals surface area contributed by atoms with Gasteiger partial charge in [0.15, 0.2) is 20.7 Å². The summed E-state index contributed by atoms with van der Waals surface area (Å²) in [6.07, 6.45) is 11.9. The van der Waals surface area contributed by atoms with Crippen LogP contribution in [-0.2, 0) is 14.6 Å². The van der Waals surface area contributed by atoms with Gasteiger partial charge in [0.2, 0.25) is 5.91 Å². The van der Waals surface area contributed by atoms with Gasteiger partial charge in [-0.05, 0) is 25.0 Å². The predicted molar refractivity (Wildman–Crippen MR) is 107 cm³/mol. The van der Waals surface area contributed by atoms with E-state index in [2.05, 4.69) is 26.0 Å². The molecule has 1 atom stereocenters. The first-order chi connectivity index (χ1) is 13.6. The van der Waals surface area contributed by atoms with E-state index in [4.69, 9.17) is 0 Å². The number of anilines is 1. The molecule has 1 unspecified atom stereocenters. The standard InChI is InChI=1S/C20H21N5O3S/c1-12-21-8-14(9-22-12)13-5-6-15-16(7-13)25(19(26)20(15,2)3)17-10-24-18(11-23-17)29(4,27)28/h5,7-11,15H,6H2,1-4H3. The molecule has 9 heteroatoms. The van der Waals surface area contributed by atoms with Crippen molar-refractivity contribution in [1.82, 2.24) is 19.9 Å². The first-order valence-corrected chi connectivity index (χ1v) is 11.1. The monoisotopic (exact) mass is 411 g/mol. The summed E-state index contributed by atoms with van der Waals surface area (Å²) in [5.41, 5.74) is 2.01. The fraction of sp³-hybridized carbons (Fsp3) is 0.350. The minimum absolute atomic E-state index is 0.0125. The lowest BCUT2D eigenvalue weighted by Gasteiger charge is -2.25. The van der Waals surface area contributed by atoms with E-state index in [1.54, 1.807) is 17.3 Å². The van der Waals surface area contributed by atoms with E-state index in [1.165, 1.54) is 12.4 Å². The van der Waals surface area contributed by atoms with Crippen LogP contribution in [0.15, 0.2) is 47.7 Å². The fourth-order valence-electron chi connectivity index (χ4n) is 3.72. The molecule has 1 aliphatic heterocycles. The number of nitrogens with zero attached hydrogens (tertiary/aromatic N) is 5. The van der Waals surface area contributed by atoms with Gasteiger partial charge in [0.05, 0.1) is 17.8 Å². The van der Waals surface area contributed by atoms with Crippen molar-refractivity contribution in [3.8, 4) is 0 Å². The van der Waals surface area contributed by atoms with Gasteiger partial charge in [-0.1, -0.05) is 19.9 Å². The highest BCUT2D eigenvalue weighted by molar-refractivity contribution is 7.90. The molecule has 1 amide bonds. The quantitative estimate of drug-likeness (QED) is 0.763. The molecule has 0 N–H and O–H groups in total. The molecule has 1 fully saturated rings. The van der Waals surface area contributed by atoms with E-state index in [0.29, 0.717) is 18.1 Å². The molecule has 29 heavy (non-hydrogen) atoms. The maximum absolute atomic E-state index is 13.2. The van der Waals surface area contributed by atoms with E-state index in [9.17, 15) is 13.2 Å². The Morgan fingerprint density at radius 1 is 1.07 bits per heavy atom. The van der Waals surface area contributed by atoms with Gasteiger partial charge in [0, 0.05) is 35.8 Å². The molecule has 4 rings (SSSR count). The first-order valence-electron chi connectivity index (χ1n) is 9.16. The zero-order chi connectivity index (χ0) is 21.0. The Balaban J connectivity index is 1.78. The normalized spacial score (nSPS) is 20.9. The largest absolute Gasteiger partial charge is 0.273 e. The highest BCUT2D eigenvalue weighted by Gasteiger charge is 2.52. The molecule has 0 bridgehead atoms. The summed E-state index contributed by atoms with van der Waals surface area (Å²) in [4.78, 5) is 31.5. The molecule has 150 valence electrons. The van der Waals surface area contributed by atoms with Crippen molar-refractivity contribution in [2.75, 3.05) is 11.2 Å². The van der Waals surface area contributed by atoms with Crippen LogP contribution in [0.3, 0.4) is 0 Å². The lowest BCUT2D eigenvalue weighted by Crippen LogP contribution is -2.32. The molecule has 0 radical (unpaired) electrons. The van der Waals surface area contributed by atoms with E-state index in [-0.39, 0.29) is 16.9 Å². The number of fused-ring (bicyclic) bond motifs is 1. The van der Waals surface area contributed by atoms with Crippen LogP contribution in [0.4, 0.5) is 5.82 Å². The van der Waals surface area contributed by atoms with Crippen molar-refractivity contribution in [2.45, 2.75) is 32.2 Å². The van der Waals surface area contributed by atoms with Crippen molar-refractivity contribution in [3.63, 3.8) is 0 Å². The van der Waals surface area contributed by atoms with Crippen LogP contribution in [0.25, 0.3) is 5.57 Å². The minimum Gasteiger partial charge on any atom is -0.273 e. The summed E-state index contributed by atoms with van der Waals surface area (Å²) in [6.45, 7) is 5.66. The molecule has 0 aromatic carbocycles. The van der Waals surface area contributed by atoms with Crippen LogP contribution in [0.5, 0.6) is 0 Å². The van der Waals surface area contributed by atoms with Crippen molar-refractivity contribution in [1.29, 1.82) is 0 Å². The van der Waals surface area contributed by atoms with Crippen molar-refractivity contribution < 1.29 is 13.2 Å². The van der Waals surface area contributed by atoms with Crippen molar-refractivity contribution in [2.24, 2.45) is 11.3 Å². The highest BCUT2D eigenvalue weighted by atomic mass is 32.2. The van der Waals surface area contributed by atoms with E-state index in [1.807, 2.05) is 26.8 Å². The summed E-state index contributed by atoms with van der Waals surface area (Å²) in [6, 6.07) is 0. The molecule has 2 aromatic rings. The maximum Gasteiger partial charge on any atom is 0.238 e. The Hall–Kier alpha value is -2.94. The number of aromatic nitrogens is 4. The summed E-state index contributed by atoms with van der Waals surface area (Å²) < 4.78 is 23.3. The molecule has 1 saturated heterocycles. The van der Waals surface area contributed by atoms with Gasteiger partial charge >= 0.3 is 0 Å². The first kappa shape index (κ1) is 19.4. The van der Waals surface area contributed by atoms with E-state index < -0.39 is 15.3 Å². The number of allylic oxidation sites excluding steroid dienone is 4. The highest BCUT2D eigenvalue weighted by Crippen LogP contribution is 2.49. The van der Waals surface area contributed by atoms with Crippen LogP contribution in [0.1, 0.15) is 31.7 Å². The van der Waals surface area contributed by atoms with Crippen LogP contribution in [0, 0.1) is 18.3 Å². The number of hydrogen-bond acceptors (Lipinski definition) is 7. The molecular formula is C20H21N5O3S. The average Bonchev–Trinajstić information content (AvgIpc) is 2.87. The third-order valence-electron chi connectivity index (χ3n) is 5.46. The molecule has 8 nitrogen and oxygen atoms in total. The third-order valence-corrected chi connectivity index (χ3v) is 6.43. The van der Waals surface area contributed by atoms with Gasteiger partial charge < -0.3 is 0 Å². The van der Waals surface area contributed by atoms with Crippen molar-refractivity contribution >= 4 is 27.1 Å². The Labute approximate surface area is 169 Å². The summed E-state index contributed by atoms with van der Waals surface area (Å²) in [5.74, 6) is 0.896. The lowest BCUT2D eigenvalue weighted by molar-refractivity contribution is -0.125. The maximum atomic E-state index is 13.2. The van der Waals surface area contributed by atoms with Gasteiger partial charge in [0.25, 0.3) is 0 Å². The van der Waals surface area contributed by atoms with E-state index in [0.717, 1.165) is 23.1 Å². The summed E-state index contributed by atoms with van der Waals surface area (Å²) in [5, 5.41) is -0.126. The van der Waals surface area contributed by atoms with Gasteiger partial charge in [-0.2, -0.15) is 0 Å². The van der Waals surface area contributed by atoms with Gasteiger partial charge in [-0.25, -0.2) is 28.4 Å². The second-order valence-corrected chi connectivity index (χ2v) is 9.85. The topological polar surface area (TPSA) is 106 Å². The number of sulfone groups is 1. The van der Waals surface area contributed by atoms with Gasteiger partial charge in [-0.15, -0.1) is 0 Å². The summed E-state index contributed by atoms with van der Waals surface area (Å²) >= 11 is 0. The average molecular weight is 411 g/mol. The summed E-state index contributed by atoms with van der Waals surface area (Å²) in [7, 11) is -3.47. The number of aryl methyl sites for hydroxylation is 1. The smallest absolute Gasteiger partial charge is 0.238 e. The number of amides is 1. The van der Waals surface area contributed by atoms with Gasteiger partial charge in [0.1, 0.15) is 5.82 Å². The molecule has 2 aromatic heterocycles. The number of rotatable bonds is 3. The fourth-order valence-corrected chi connectivity index (χ4v) is 4.21. The second-order valence-electron chi connectivity index (χ2n) is 7.88. The van der Waals surface area contributed by atoms with Crippen LogP contribution in [-0.4, -0.2) is 40.5 Å². The number of carbonyl (C=O) groups excluding carboxylic acids is 1. The Kier molecular flexibility index (Phi) is 4.38. The molecular weight excluding hydrogens is 390 g/mol. The SMILES string of the molecule is Cc1ncc(C2=CCC3C(=C2)N(c2cnc(S(C)(=O)=O)cn2)C(=O)C3(C)C)cn1. The van der Waals surface area contributed by atoms with Crippen LogP contribution >= 0.6 is 0 Å². The van der Waals surface area contributed by atoms with Crippen molar-refractivity contribution in [3.05, 3.63) is 54.0 Å². The molecule has 2 aliphatic rings. The number of carbonyl (C=O) groups is 1. The Morgan fingerprint density at radius 3 is 2.34 bits per heavy atom. The Morgan fingerprint density at radius 2 is 1.76 bits per heavy atom. The van der Waals surface area contributed by atoms with Crippen LogP contribution < -0.4 is 4.90 Å². The third kappa shape index (κ3) is 3.25. The minimum atomic E-state index is -3.47. The Bertz CT molecular complexity index is 1150. The zero-order valence-electron chi connectivity index (χ0n) is 16.6. The van der Waals surface area contributed by atoms with E-state index >= 15 is 0 Å². The molecule has 1 aliphatic carbocycles. The predicted octanol–water partition coefficient (Wildman–Crippen LogP) is 2.34.